The number of rotatable bonds is 6. The Labute approximate surface area is 158 Å². The summed E-state index contributed by atoms with van der Waals surface area (Å²) in [5.41, 5.74) is 0.757. The zero-order chi connectivity index (χ0) is 18.7. The van der Waals surface area contributed by atoms with E-state index in [4.69, 9.17) is 4.74 Å². The van der Waals surface area contributed by atoms with Crippen molar-refractivity contribution in [2.75, 3.05) is 23.5 Å². The zero-order valence-electron chi connectivity index (χ0n) is 15.1. The van der Waals surface area contributed by atoms with E-state index in [1.807, 2.05) is 29.2 Å². The number of para-hydroxylation sites is 2. The summed E-state index contributed by atoms with van der Waals surface area (Å²) in [6, 6.07) is 7.23. The second-order valence-electron chi connectivity index (χ2n) is 6.59. The maximum atomic E-state index is 12.3. The molecule has 2 fully saturated rings. The predicted octanol–water partition coefficient (Wildman–Crippen LogP) is 2.88. The van der Waals surface area contributed by atoms with Crippen molar-refractivity contribution in [3.63, 3.8) is 0 Å². The molecule has 0 aromatic heterocycles. The third kappa shape index (κ3) is 4.06. The van der Waals surface area contributed by atoms with Crippen LogP contribution >= 0.6 is 11.8 Å². The molecule has 2 saturated heterocycles. The van der Waals surface area contributed by atoms with Gasteiger partial charge in [-0.1, -0.05) is 43.7 Å². The fourth-order valence-electron chi connectivity index (χ4n) is 3.36. The number of nitrogens with zero attached hydrogens (tertiary/aromatic N) is 2. The number of fused-ring (bicyclic) bond motifs is 1. The molecule has 0 unspecified atom stereocenters. The molecular weight excluding hydrogens is 372 g/mol. The van der Waals surface area contributed by atoms with Gasteiger partial charge in [-0.3, -0.25) is 4.79 Å². The number of sulfone groups is 1. The topological polar surface area (TPSA) is 76.0 Å². The van der Waals surface area contributed by atoms with Gasteiger partial charge in [-0.2, -0.15) is 4.99 Å². The second-order valence-corrected chi connectivity index (χ2v) is 9.95. The SMILES string of the molecule is CCCCCC(=O)N=C1S[C@@H]2CS(=O)(=O)C[C@@H]2N1c1ccccc1OC. The first-order valence-electron chi connectivity index (χ1n) is 8.86. The molecule has 8 heteroatoms. The highest BCUT2D eigenvalue weighted by Crippen LogP contribution is 2.43. The van der Waals surface area contributed by atoms with Crippen LogP contribution in [0.4, 0.5) is 5.69 Å². The molecule has 142 valence electrons. The molecule has 2 heterocycles. The molecule has 0 spiro atoms. The van der Waals surface area contributed by atoms with Crippen molar-refractivity contribution in [1.82, 2.24) is 0 Å². The van der Waals surface area contributed by atoms with E-state index in [9.17, 15) is 13.2 Å². The zero-order valence-corrected chi connectivity index (χ0v) is 16.7. The minimum atomic E-state index is -3.08. The Bertz CT molecular complexity index is 807. The highest BCUT2D eigenvalue weighted by molar-refractivity contribution is 8.16. The van der Waals surface area contributed by atoms with E-state index in [2.05, 4.69) is 11.9 Å². The molecule has 0 saturated carbocycles. The molecule has 1 amide bonds. The van der Waals surface area contributed by atoms with Crippen LogP contribution in [-0.2, 0) is 14.6 Å². The number of aliphatic imine (C=N–C) groups is 1. The van der Waals surface area contributed by atoms with Crippen LogP contribution in [0.5, 0.6) is 5.75 Å². The van der Waals surface area contributed by atoms with Crippen LogP contribution in [0.1, 0.15) is 32.6 Å². The van der Waals surface area contributed by atoms with Crippen molar-refractivity contribution in [2.45, 2.75) is 43.9 Å². The molecule has 2 atom stereocenters. The first-order valence-corrected chi connectivity index (χ1v) is 11.6. The van der Waals surface area contributed by atoms with Crippen LogP contribution in [-0.4, -0.2) is 49.4 Å². The number of benzene rings is 1. The number of ether oxygens (including phenoxy) is 1. The first-order chi connectivity index (χ1) is 12.4. The number of carbonyl (C=O) groups is 1. The normalized spacial score (nSPS) is 25.5. The van der Waals surface area contributed by atoms with Gasteiger partial charge in [-0.05, 0) is 18.6 Å². The number of hydrogen-bond acceptors (Lipinski definition) is 5. The summed E-state index contributed by atoms with van der Waals surface area (Å²) in [4.78, 5) is 18.5. The number of methoxy groups -OCH3 is 1. The lowest BCUT2D eigenvalue weighted by atomic mass is 10.2. The number of anilines is 1. The Kier molecular flexibility index (Phi) is 5.92. The van der Waals surface area contributed by atoms with E-state index in [-0.39, 0.29) is 28.7 Å². The number of carbonyl (C=O) groups excluding carboxylic acids is 1. The standard InChI is InChI=1S/C18H24N2O4S2/c1-3-4-5-10-17(21)19-18-20(13-8-6-7-9-15(13)24-2)14-11-26(22,23)12-16(14)25-18/h6-9,14,16H,3-5,10-12H2,1-2H3/t14-,16+/m0/s1. The van der Waals surface area contributed by atoms with Gasteiger partial charge in [0.15, 0.2) is 15.0 Å². The van der Waals surface area contributed by atoms with E-state index in [0.717, 1.165) is 24.9 Å². The molecule has 0 bridgehead atoms. The molecule has 0 N–H and O–H groups in total. The van der Waals surface area contributed by atoms with Crippen molar-refractivity contribution < 1.29 is 17.9 Å². The van der Waals surface area contributed by atoms with Gasteiger partial charge in [0.25, 0.3) is 0 Å². The van der Waals surface area contributed by atoms with Crippen molar-refractivity contribution >= 4 is 38.4 Å². The summed E-state index contributed by atoms with van der Waals surface area (Å²) in [6.07, 6.45) is 3.30. The van der Waals surface area contributed by atoms with Gasteiger partial charge in [0.2, 0.25) is 5.91 Å². The first kappa shape index (κ1) is 19.2. The Morgan fingerprint density at radius 1 is 1.31 bits per heavy atom. The highest BCUT2D eigenvalue weighted by atomic mass is 32.2. The lowest BCUT2D eigenvalue weighted by molar-refractivity contribution is -0.117. The molecule has 2 aliphatic heterocycles. The summed E-state index contributed by atoms with van der Waals surface area (Å²) < 4.78 is 29.7. The van der Waals surface area contributed by atoms with Crippen molar-refractivity contribution in [1.29, 1.82) is 0 Å². The third-order valence-corrected chi connectivity index (χ3v) is 7.84. The maximum absolute atomic E-state index is 12.3. The average Bonchev–Trinajstić information content (AvgIpc) is 3.05. The molecule has 26 heavy (non-hydrogen) atoms. The van der Waals surface area contributed by atoms with Crippen LogP contribution in [0.25, 0.3) is 0 Å². The van der Waals surface area contributed by atoms with Crippen molar-refractivity contribution in [3.8, 4) is 5.75 Å². The van der Waals surface area contributed by atoms with Gasteiger partial charge < -0.3 is 9.64 Å². The molecule has 3 rings (SSSR count). The fraction of sp³-hybridized carbons (Fsp3) is 0.556. The van der Waals surface area contributed by atoms with Crippen molar-refractivity contribution in [2.24, 2.45) is 4.99 Å². The highest BCUT2D eigenvalue weighted by Gasteiger charge is 2.49. The van der Waals surface area contributed by atoms with Gasteiger partial charge in [0.05, 0.1) is 30.3 Å². The molecular formula is C18H24N2O4S2. The van der Waals surface area contributed by atoms with Gasteiger partial charge in [0, 0.05) is 11.7 Å². The van der Waals surface area contributed by atoms with E-state index >= 15 is 0 Å². The van der Waals surface area contributed by atoms with Crippen molar-refractivity contribution in [3.05, 3.63) is 24.3 Å². The Hall–Kier alpha value is -1.54. The van der Waals surface area contributed by atoms with Crippen LogP contribution in [0, 0.1) is 0 Å². The van der Waals surface area contributed by atoms with Gasteiger partial charge in [-0.15, -0.1) is 0 Å². The number of hydrogen-bond donors (Lipinski definition) is 0. The quantitative estimate of drug-likeness (QED) is 0.688. The van der Waals surface area contributed by atoms with Crippen LogP contribution in [0.2, 0.25) is 0 Å². The monoisotopic (exact) mass is 396 g/mol. The summed E-state index contributed by atoms with van der Waals surface area (Å²) in [6.45, 7) is 2.09. The summed E-state index contributed by atoms with van der Waals surface area (Å²) in [7, 11) is -1.50. The summed E-state index contributed by atoms with van der Waals surface area (Å²) >= 11 is 1.39. The third-order valence-electron chi connectivity index (χ3n) is 4.63. The second kappa shape index (κ2) is 8.00. The number of unbranched alkanes of at least 4 members (excludes halogenated alkanes) is 2. The van der Waals surface area contributed by atoms with Crippen LogP contribution < -0.4 is 9.64 Å². The lowest BCUT2D eigenvalue weighted by Gasteiger charge is -2.26. The van der Waals surface area contributed by atoms with Gasteiger partial charge >= 0.3 is 0 Å². The Morgan fingerprint density at radius 3 is 2.81 bits per heavy atom. The average molecular weight is 397 g/mol. The summed E-state index contributed by atoms with van der Waals surface area (Å²) in [5, 5.41) is 0.480. The number of thioether (sulfide) groups is 1. The lowest BCUT2D eigenvalue weighted by Crippen LogP contribution is -2.38. The minimum Gasteiger partial charge on any atom is -0.495 e. The van der Waals surface area contributed by atoms with E-state index in [1.165, 1.54) is 11.8 Å². The van der Waals surface area contributed by atoms with Gasteiger partial charge in [0.1, 0.15) is 5.75 Å². The van der Waals surface area contributed by atoms with E-state index < -0.39 is 9.84 Å². The molecule has 0 aliphatic carbocycles. The minimum absolute atomic E-state index is 0.0752. The Morgan fingerprint density at radius 2 is 2.08 bits per heavy atom. The Balaban J connectivity index is 1.92. The molecule has 1 aromatic carbocycles. The summed E-state index contributed by atoms with van der Waals surface area (Å²) in [5.74, 6) is 0.691. The number of amidine groups is 1. The molecule has 6 nitrogen and oxygen atoms in total. The van der Waals surface area contributed by atoms with Crippen LogP contribution in [0.3, 0.4) is 0 Å². The van der Waals surface area contributed by atoms with E-state index in [0.29, 0.717) is 17.3 Å². The molecule has 2 aliphatic rings. The van der Waals surface area contributed by atoms with Crippen LogP contribution in [0.15, 0.2) is 29.3 Å². The smallest absolute Gasteiger partial charge is 0.248 e. The van der Waals surface area contributed by atoms with E-state index in [1.54, 1.807) is 7.11 Å². The molecule has 1 aromatic rings. The maximum Gasteiger partial charge on any atom is 0.248 e. The predicted molar refractivity (Wildman–Crippen MR) is 106 cm³/mol. The molecule has 0 radical (unpaired) electrons. The largest absolute Gasteiger partial charge is 0.495 e. The number of amides is 1. The fourth-order valence-corrected chi connectivity index (χ4v) is 7.29. The van der Waals surface area contributed by atoms with Gasteiger partial charge in [-0.25, -0.2) is 8.42 Å².